The molecule has 1 heterocycles. The van der Waals surface area contributed by atoms with Crippen LogP contribution < -0.4 is 5.32 Å². The summed E-state index contributed by atoms with van der Waals surface area (Å²) in [6.45, 7) is 1.20. The van der Waals surface area contributed by atoms with Crippen molar-refractivity contribution in [3.8, 4) is 11.1 Å². The number of hydrogen-bond acceptors (Lipinski definition) is 4. The highest BCUT2D eigenvalue weighted by Crippen LogP contribution is 2.56. The van der Waals surface area contributed by atoms with E-state index in [1.165, 1.54) is 22.3 Å². The molecule has 1 unspecified atom stereocenters. The fraction of sp³-hybridized carbons (Fsp3) is 0.464. The molecule has 1 atom stereocenters. The lowest BCUT2D eigenvalue weighted by Gasteiger charge is -2.36. The van der Waals surface area contributed by atoms with Gasteiger partial charge in [-0.2, -0.15) is 0 Å². The smallest absolute Gasteiger partial charge is 0.407 e. The molecule has 0 aromatic heterocycles. The van der Waals surface area contributed by atoms with Crippen LogP contribution in [0.25, 0.3) is 11.1 Å². The van der Waals surface area contributed by atoms with Gasteiger partial charge in [-0.25, -0.2) is 4.79 Å². The number of carboxylic acid groups (broad SMARTS) is 1. The molecule has 3 aliphatic carbocycles. The normalized spacial score (nSPS) is 25.5. The zero-order chi connectivity index (χ0) is 24.2. The van der Waals surface area contributed by atoms with Crippen molar-refractivity contribution in [2.24, 2.45) is 17.3 Å². The van der Waals surface area contributed by atoms with E-state index in [9.17, 15) is 19.5 Å². The van der Waals surface area contributed by atoms with Gasteiger partial charge in [0.05, 0.1) is 5.92 Å². The number of hydrogen-bond donors (Lipinski definition) is 2. The number of amides is 2. The summed E-state index contributed by atoms with van der Waals surface area (Å²) in [5, 5.41) is 12.4. The number of carbonyl (C=O) groups is 3. The van der Waals surface area contributed by atoms with Gasteiger partial charge in [-0.1, -0.05) is 48.5 Å². The first kappa shape index (κ1) is 22.1. The molecule has 7 heteroatoms. The van der Waals surface area contributed by atoms with Gasteiger partial charge in [0.1, 0.15) is 6.61 Å². The molecular weight excluding hydrogens is 444 g/mol. The monoisotopic (exact) mass is 474 g/mol. The molecule has 2 aromatic rings. The summed E-state index contributed by atoms with van der Waals surface area (Å²) in [5.74, 6) is -0.903. The van der Waals surface area contributed by atoms with Crippen LogP contribution >= 0.6 is 0 Å². The molecule has 1 saturated heterocycles. The second-order valence-electron chi connectivity index (χ2n) is 10.7. The van der Waals surface area contributed by atoms with Gasteiger partial charge in [-0.15, -0.1) is 0 Å². The lowest BCUT2D eigenvalue weighted by Crippen LogP contribution is -2.46. The molecule has 4 aliphatic rings. The number of nitrogens with one attached hydrogen (secondary N) is 1. The standard InChI is InChI=1S/C28H30N2O5/c31-25(30-14-24(26(32)33)28(16-30)9-10-28)13-17-11-18(12-17)29-27(34)35-15-23-21-7-3-1-5-19(21)20-6-2-4-8-22(20)23/h1-8,17-18,23-24H,9-16H2,(H,29,34)(H,32,33). The van der Waals surface area contributed by atoms with Gasteiger partial charge in [0.2, 0.25) is 5.91 Å². The molecule has 2 amide bonds. The van der Waals surface area contributed by atoms with Crippen LogP contribution in [0.1, 0.15) is 49.1 Å². The lowest BCUT2D eigenvalue weighted by atomic mass is 9.78. The molecule has 0 bridgehead atoms. The largest absolute Gasteiger partial charge is 0.481 e. The average Bonchev–Trinajstić information content (AvgIpc) is 3.37. The van der Waals surface area contributed by atoms with E-state index in [0.29, 0.717) is 19.5 Å². The Bertz CT molecular complexity index is 1140. The van der Waals surface area contributed by atoms with Crippen LogP contribution in [0.5, 0.6) is 0 Å². The Labute approximate surface area is 204 Å². The van der Waals surface area contributed by atoms with E-state index in [-0.39, 0.29) is 35.8 Å². The molecule has 1 spiro atoms. The van der Waals surface area contributed by atoms with E-state index < -0.39 is 18.0 Å². The number of benzene rings is 2. The van der Waals surface area contributed by atoms with Crippen LogP contribution in [0, 0.1) is 17.3 Å². The summed E-state index contributed by atoms with van der Waals surface area (Å²) in [6, 6.07) is 16.5. The first-order valence-corrected chi connectivity index (χ1v) is 12.6. The topological polar surface area (TPSA) is 95.9 Å². The van der Waals surface area contributed by atoms with Crippen LogP contribution in [0.2, 0.25) is 0 Å². The summed E-state index contributed by atoms with van der Waals surface area (Å²) in [5.41, 5.74) is 4.59. The van der Waals surface area contributed by atoms with E-state index in [4.69, 9.17) is 4.74 Å². The highest BCUT2D eigenvalue weighted by Gasteiger charge is 2.58. The van der Waals surface area contributed by atoms with Crippen molar-refractivity contribution < 1.29 is 24.2 Å². The van der Waals surface area contributed by atoms with Gasteiger partial charge in [0.25, 0.3) is 0 Å². The van der Waals surface area contributed by atoms with Crippen molar-refractivity contribution in [2.75, 3.05) is 19.7 Å². The molecule has 2 saturated carbocycles. The third-order valence-corrected chi connectivity index (χ3v) is 8.56. The van der Waals surface area contributed by atoms with E-state index in [2.05, 4.69) is 29.6 Å². The Balaban J connectivity index is 0.966. The van der Waals surface area contributed by atoms with E-state index in [1.807, 2.05) is 24.3 Å². The fourth-order valence-corrected chi connectivity index (χ4v) is 6.37. The number of ether oxygens (including phenoxy) is 1. The van der Waals surface area contributed by atoms with Gasteiger partial charge in [-0.3, -0.25) is 9.59 Å². The predicted molar refractivity (Wildman–Crippen MR) is 129 cm³/mol. The molecular formula is C28H30N2O5. The van der Waals surface area contributed by atoms with Crippen LogP contribution in [0.15, 0.2) is 48.5 Å². The third-order valence-electron chi connectivity index (χ3n) is 8.56. The summed E-state index contributed by atoms with van der Waals surface area (Å²) < 4.78 is 5.63. The van der Waals surface area contributed by atoms with E-state index >= 15 is 0 Å². The fourth-order valence-electron chi connectivity index (χ4n) is 6.37. The number of carbonyl (C=O) groups excluding carboxylic acids is 2. The number of alkyl carbamates (subject to hydrolysis) is 1. The minimum atomic E-state index is -0.784. The van der Waals surface area contributed by atoms with Crippen molar-refractivity contribution in [3.05, 3.63) is 59.7 Å². The molecule has 0 radical (unpaired) electrons. The highest BCUT2D eigenvalue weighted by molar-refractivity contribution is 5.81. The van der Waals surface area contributed by atoms with Crippen LogP contribution in [-0.2, 0) is 14.3 Å². The van der Waals surface area contributed by atoms with Gasteiger partial charge in [-0.05, 0) is 53.9 Å². The molecule has 7 nitrogen and oxygen atoms in total. The third kappa shape index (κ3) is 3.97. The number of rotatable bonds is 6. The van der Waals surface area contributed by atoms with Crippen molar-refractivity contribution >= 4 is 18.0 Å². The minimum absolute atomic E-state index is 0.0172. The lowest BCUT2D eigenvalue weighted by molar-refractivity contribution is -0.143. The van der Waals surface area contributed by atoms with Crippen molar-refractivity contribution in [1.82, 2.24) is 10.2 Å². The molecule has 1 aliphatic heterocycles. The SMILES string of the molecule is O=C(NC1CC(CC(=O)N2CC(C(=O)O)C3(CC3)C2)C1)OCC1c2ccccc2-c2ccccc21. The Hall–Kier alpha value is -3.35. The number of nitrogens with zero attached hydrogens (tertiary/aromatic N) is 1. The molecule has 182 valence electrons. The summed E-state index contributed by atoms with van der Waals surface area (Å²) >= 11 is 0. The molecule has 2 aromatic carbocycles. The van der Waals surface area contributed by atoms with E-state index in [0.717, 1.165) is 25.7 Å². The zero-order valence-corrected chi connectivity index (χ0v) is 19.6. The Morgan fingerprint density at radius 3 is 2.20 bits per heavy atom. The van der Waals surface area contributed by atoms with E-state index in [1.54, 1.807) is 4.90 Å². The predicted octanol–water partition coefficient (Wildman–Crippen LogP) is 4.02. The first-order valence-electron chi connectivity index (χ1n) is 12.6. The van der Waals surface area contributed by atoms with Crippen LogP contribution in [0.4, 0.5) is 4.79 Å². The molecule has 35 heavy (non-hydrogen) atoms. The maximum atomic E-state index is 12.7. The minimum Gasteiger partial charge on any atom is -0.481 e. The van der Waals surface area contributed by atoms with Crippen molar-refractivity contribution in [2.45, 2.75) is 44.1 Å². The first-order chi connectivity index (χ1) is 16.9. The van der Waals surface area contributed by atoms with Gasteiger partial charge >= 0.3 is 12.1 Å². The Morgan fingerprint density at radius 2 is 1.63 bits per heavy atom. The maximum Gasteiger partial charge on any atom is 0.407 e. The zero-order valence-electron chi connectivity index (χ0n) is 19.6. The second-order valence-corrected chi connectivity index (χ2v) is 10.7. The molecule has 3 fully saturated rings. The van der Waals surface area contributed by atoms with Crippen molar-refractivity contribution in [1.29, 1.82) is 0 Å². The molecule has 2 N–H and O–H groups in total. The second kappa shape index (κ2) is 8.40. The number of fused-ring (bicyclic) bond motifs is 3. The van der Waals surface area contributed by atoms with Crippen LogP contribution in [0.3, 0.4) is 0 Å². The summed E-state index contributed by atoms with van der Waals surface area (Å²) in [4.78, 5) is 38.5. The Morgan fingerprint density at radius 1 is 1.00 bits per heavy atom. The van der Waals surface area contributed by atoms with Gasteiger partial charge in [0, 0.05) is 36.9 Å². The number of aliphatic carboxylic acids is 1. The van der Waals surface area contributed by atoms with Crippen LogP contribution in [-0.4, -0.2) is 53.7 Å². The van der Waals surface area contributed by atoms with Gasteiger partial charge < -0.3 is 20.1 Å². The highest BCUT2D eigenvalue weighted by atomic mass is 16.5. The quantitative estimate of drug-likeness (QED) is 0.659. The van der Waals surface area contributed by atoms with Gasteiger partial charge in [0.15, 0.2) is 0 Å². The Kier molecular flexibility index (Phi) is 5.31. The summed E-state index contributed by atoms with van der Waals surface area (Å²) in [7, 11) is 0. The van der Waals surface area contributed by atoms with Crippen molar-refractivity contribution in [3.63, 3.8) is 0 Å². The molecule has 6 rings (SSSR count). The number of likely N-dealkylation sites (tertiary alicyclic amines) is 1. The maximum absolute atomic E-state index is 12.7. The average molecular weight is 475 g/mol. The number of carboxylic acids is 1. The summed E-state index contributed by atoms with van der Waals surface area (Å²) in [6.07, 6.45) is 3.31.